The van der Waals surface area contributed by atoms with Crippen molar-refractivity contribution in [1.29, 1.82) is 0 Å². The lowest BCUT2D eigenvalue weighted by Crippen LogP contribution is -2.42. The number of alkyl halides is 2. The maximum atomic E-state index is 11.9. The molecule has 0 aromatic rings. The number of nitrogens with zero attached hydrogens (tertiary/aromatic N) is 1. The fourth-order valence-electron chi connectivity index (χ4n) is 1.93. The van der Waals surface area contributed by atoms with Crippen molar-refractivity contribution in [3.8, 4) is 0 Å². The monoisotopic (exact) mass is 356 g/mol. The van der Waals surface area contributed by atoms with Gasteiger partial charge in [-0.05, 0) is 0 Å². The number of aliphatic hydroxyl groups is 3. The molecule has 1 unspecified atom stereocenters. The van der Waals surface area contributed by atoms with Gasteiger partial charge in [0.05, 0.1) is 12.7 Å². The highest BCUT2D eigenvalue weighted by Gasteiger charge is 2.38. The molecule has 0 saturated carbocycles. The number of aliphatic hydroxyl groups excluding tert-OH is 3. The SMILES string of the molecule is CNC(=O)N(/C=C(\C=O)C(O)C(Cl)Cl)[C@H]1C[C@H](O)[C@@H](CO)O1. The summed E-state index contributed by atoms with van der Waals surface area (Å²) in [7, 11) is 1.36. The fraction of sp³-hybridized carbons (Fsp3) is 0.667. The molecule has 0 aromatic heterocycles. The highest BCUT2D eigenvalue weighted by Crippen LogP contribution is 2.25. The van der Waals surface area contributed by atoms with Crippen molar-refractivity contribution in [2.45, 2.75) is 35.8 Å². The first-order chi connectivity index (χ1) is 10.3. The van der Waals surface area contributed by atoms with Crippen molar-refractivity contribution in [3.05, 3.63) is 11.8 Å². The third-order valence-electron chi connectivity index (χ3n) is 3.15. The molecule has 8 nitrogen and oxygen atoms in total. The van der Waals surface area contributed by atoms with Crippen LogP contribution in [0.1, 0.15) is 6.42 Å². The Balaban J connectivity index is 3.03. The van der Waals surface area contributed by atoms with Crippen LogP contribution in [-0.2, 0) is 9.53 Å². The van der Waals surface area contributed by atoms with Gasteiger partial charge in [0, 0.05) is 25.2 Å². The molecule has 0 aromatic carbocycles. The van der Waals surface area contributed by atoms with E-state index in [1.807, 2.05) is 0 Å². The summed E-state index contributed by atoms with van der Waals surface area (Å²) in [6.45, 7) is -0.419. The van der Waals surface area contributed by atoms with Gasteiger partial charge in [-0.25, -0.2) is 4.79 Å². The zero-order valence-electron chi connectivity index (χ0n) is 11.7. The summed E-state index contributed by atoms with van der Waals surface area (Å²) >= 11 is 11.0. The Morgan fingerprint density at radius 1 is 1.55 bits per heavy atom. The minimum Gasteiger partial charge on any atom is -0.394 e. The van der Waals surface area contributed by atoms with E-state index in [9.17, 15) is 19.8 Å². The largest absolute Gasteiger partial charge is 0.394 e. The van der Waals surface area contributed by atoms with E-state index in [2.05, 4.69) is 5.32 Å². The summed E-state index contributed by atoms with van der Waals surface area (Å²) in [4.78, 5) is 22.7. The first-order valence-electron chi connectivity index (χ1n) is 6.43. The molecule has 1 fully saturated rings. The van der Waals surface area contributed by atoms with Crippen LogP contribution in [0.4, 0.5) is 4.79 Å². The molecule has 4 N–H and O–H groups in total. The molecule has 126 valence electrons. The Morgan fingerprint density at radius 2 is 2.18 bits per heavy atom. The minimum atomic E-state index is -1.49. The van der Waals surface area contributed by atoms with Crippen molar-refractivity contribution < 1.29 is 29.6 Å². The van der Waals surface area contributed by atoms with Crippen molar-refractivity contribution in [1.82, 2.24) is 10.2 Å². The topological polar surface area (TPSA) is 119 Å². The van der Waals surface area contributed by atoms with E-state index < -0.39 is 42.0 Å². The van der Waals surface area contributed by atoms with Crippen LogP contribution in [0.25, 0.3) is 0 Å². The highest BCUT2D eigenvalue weighted by molar-refractivity contribution is 6.45. The number of carbonyl (C=O) groups excluding carboxylic acids is 2. The summed E-state index contributed by atoms with van der Waals surface area (Å²) in [5, 5.41) is 30.9. The number of rotatable bonds is 6. The van der Waals surface area contributed by atoms with E-state index in [0.717, 1.165) is 11.1 Å². The normalized spacial score (nSPS) is 26.9. The molecular formula is C12H18Cl2N2O6. The van der Waals surface area contributed by atoms with Gasteiger partial charge in [-0.3, -0.25) is 9.69 Å². The maximum absolute atomic E-state index is 11.9. The standard InChI is InChI=1S/C12H18Cl2N2O6/c1-15-12(21)16(3-6(4-17)10(20)11(13)14)9-2-7(19)8(5-18)22-9/h3-4,7-11,18-20H,2,5H2,1H3,(H,15,21)/b6-3+/t7-,8+,9+,10?/m0/s1. The van der Waals surface area contributed by atoms with E-state index in [0.29, 0.717) is 6.29 Å². The van der Waals surface area contributed by atoms with Gasteiger partial charge in [-0.1, -0.05) is 0 Å². The number of halogens is 2. The van der Waals surface area contributed by atoms with Gasteiger partial charge in [0.15, 0.2) is 0 Å². The highest BCUT2D eigenvalue weighted by atomic mass is 35.5. The van der Waals surface area contributed by atoms with Gasteiger partial charge < -0.3 is 25.4 Å². The molecule has 2 amide bonds. The average molecular weight is 357 g/mol. The number of amides is 2. The summed E-state index contributed by atoms with van der Waals surface area (Å²) < 4.78 is 5.35. The Labute approximate surface area is 137 Å². The summed E-state index contributed by atoms with van der Waals surface area (Å²) in [6, 6.07) is -0.636. The second-order valence-electron chi connectivity index (χ2n) is 4.60. The van der Waals surface area contributed by atoms with Gasteiger partial charge in [-0.15, -0.1) is 23.2 Å². The number of ether oxygens (including phenoxy) is 1. The Kier molecular flexibility index (Phi) is 7.54. The quantitative estimate of drug-likeness (QED) is 0.285. The predicted octanol–water partition coefficient (Wildman–Crippen LogP) is -0.657. The molecule has 0 spiro atoms. The van der Waals surface area contributed by atoms with Crippen LogP contribution >= 0.6 is 23.2 Å². The molecule has 10 heteroatoms. The summed E-state index contributed by atoms with van der Waals surface area (Å²) in [6.07, 6.45) is -2.83. The minimum absolute atomic E-state index is 0.0303. The number of hydrogen-bond acceptors (Lipinski definition) is 6. The zero-order valence-corrected chi connectivity index (χ0v) is 13.2. The second kappa shape index (κ2) is 8.66. The van der Waals surface area contributed by atoms with Crippen LogP contribution in [0, 0.1) is 0 Å². The average Bonchev–Trinajstić information content (AvgIpc) is 2.87. The first-order valence-corrected chi connectivity index (χ1v) is 7.30. The fourth-order valence-corrected chi connectivity index (χ4v) is 2.23. The number of aldehydes is 1. The van der Waals surface area contributed by atoms with Gasteiger partial charge in [-0.2, -0.15) is 0 Å². The number of urea groups is 1. The van der Waals surface area contributed by atoms with Crippen LogP contribution in [0.2, 0.25) is 0 Å². The molecule has 1 saturated heterocycles. The molecule has 1 heterocycles. The lowest BCUT2D eigenvalue weighted by Gasteiger charge is -2.26. The van der Waals surface area contributed by atoms with Crippen LogP contribution in [0.3, 0.4) is 0 Å². The number of carbonyl (C=O) groups is 2. The van der Waals surface area contributed by atoms with E-state index >= 15 is 0 Å². The molecule has 22 heavy (non-hydrogen) atoms. The maximum Gasteiger partial charge on any atom is 0.323 e. The molecular weight excluding hydrogens is 339 g/mol. The van der Waals surface area contributed by atoms with Crippen molar-refractivity contribution in [2.24, 2.45) is 0 Å². The first kappa shape index (κ1) is 19.1. The van der Waals surface area contributed by atoms with Crippen molar-refractivity contribution in [2.75, 3.05) is 13.7 Å². The summed E-state index contributed by atoms with van der Waals surface area (Å²) in [5.74, 6) is 0. The molecule has 0 bridgehead atoms. The zero-order chi connectivity index (χ0) is 16.9. The molecule has 1 rings (SSSR count). The molecule has 0 radical (unpaired) electrons. The van der Waals surface area contributed by atoms with Gasteiger partial charge in [0.1, 0.15) is 29.6 Å². The van der Waals surface area contributed by atoms with Crippen LogP contribution in [0.15, 0.2) is 11.8 Å². The second-order valence-corrected chi connectivity index (χ2v) is 5.77. The van der Waals surface area contributed by atoms with Gasteiger partial charge in [0.25, 0.3) is 0 Å². The number of hydrogen-bond donors (Lipinski definition) is 4. The molecule has 1 aliphatic heterocycles. The van der Waals surface area contributed by atoms with Crippen LogP contribution in [-0.4, -0.2) is 75.6 Å². The van der Waals surface area contributed by atoms with E-state index in [1.54, 1.807) is 0 Å². The molecule has 4 atom stereocenters. The van der Waals surface area contributed by atoms with Crippen LogP contribution in [0.5, 0.6) is 0 Å². The Morgan fingerprint density at radius 3 is 2.59 bits per heavy atom. The summed E-state index contributed by atoms with van der Waals surface area (Å²) in [5.41, 5.74) is -0.232. The lowest BCUT2D eigenvalue weighted by atomic mass is 10.1. The van der Waals surface area contributed by atoms with E-state index in [-0.39, 0.29) is 12.0 Å². The Hall–Kier alpha value is -0.900. The predicted molar refractivity (Wildman–Crippen MR) is 78.3 cm³/mol. The van der Waals surface area contributed by atoms with Crippen molar-refractivity contribution >= 4 is 35.5 Å². The van der Waals surface area contributed by atoms with Crippen LogP contribution < -0.4 is 5.32 Å². The van der Waals surface area contributed by atoms with Crippen molar-refractivity contribution in [3.63, 3.8) is 0 Å². The Bertz CT molecular complexity index is 434. The molecule has 1 aliphatic rings. The third-order valence-corrected chi connectivity index (χ3v) is 3.62. The van der Waals surface area contributed by atoms with Gasteiger partial charge in [0.2, 0.25) is 0 Å². The van der Waals surface area contributed by atoms with E-state index in [1.165, 1.54) is 7.05 Å². The molecule has 0 aliphatic carbocycles. The number of nitrogens with one attached hydrogen (secondary N) is 1. The van der Waals surface area contributed by atoms with E-state index in [4.69, 9.17) is 33.0 Å². The smallest absolute Gasteiger partial charge is 0.323 e. The lowest BCUT2D eigenvalue weighted by molar-refractivity contribution is -0.105. The van der Waals surface area contributed by atoms with Gasteiger partial charge >= 0.3 is 6.03 Å². The third kappa shape index (κ3) is 4.55.